The Morgan fingerprint density at radius 2 is 2.31 bits per heavy atom. The molecule has 0 aliphatic rings. The van der Waals surface area contributed by atoms with Crippen LogP contribution in [0.5, 0.6) is 0 Å². The first-order chi connectivity index (χ1) is 6.24. The van der Waals surface area contributed by atoms with Crippen LogP contribution in [0.3, 0.4) is 0 Å². The minimum absolute atomic E-state index is 0.205. The standard InChI is InChI=1S/C8H10O3.ClH.Zn/c1-3-10-8(9)7-5-4-6(2)11-7;;/h4-5,9H,2-3H2,1H3;1H;/q;;+2/p-2/b8-7+;;. The van der Waals surface area contributed by atoms with Gasteiger partial charge in [-0.1, -0.05) is 13.5 Å². The van der Waals surface area contributed by atoms with Gasteiger partial charge in [0.25, 0.3) is 0 Å². The molecule has 1 aromatic heterocycles. The molecule has 1 heterocycles. The zero-order valence-electron chi connectivity index (χ0n) is 7.38. The van der Waals surface area contributed by atoms with Crippen molar-refractivity contribution < 1.29 is 31.6 Å². The van der Waals surface area contributed by atoms with Gasteiger partial charge in [0, 0.05) is 0 Å². The molecule has 0 fully saturated rings. The average molecular weight is 254 g/mol. The molecule has 1 rings (SSSR count). The van der Waals surface area contributed by atoms with Gasteiger partial charge >= 0.3 is 27.0 Å². The molecule has 0 unspecified atom stereocenters. The van der Waals surface area contributed by atoms with Crippen LogP contribution >= 0.6 is 9.69 Å². The number of furan rings is 1. The molecule has 0 aromatic carbocycles. The second kappa shape index (κ2) is 6.99. The predicted molar refractivity (Wildman–Crippen MR) is 44.4 cm³/mol. The van der Waals surface area contributed by atoms with Gasteiger partial charge in [-0.2, -0.15) is 0 Å². The van der Waals surface area contributed by atoms with E-state index in [1.807, 2.05) is 0 Å². The van der Waals surface area contributed by atoms with Gasteiger partial charge in [0.2, 0.25) is 0 Å². The Balaban J connectivity index is 0.000000671. The molecule has 0 saturated carbocycles. The Morgan fingerprint density at radius 3 is 2.69 bits per heavy atom. The van der Waals surface area contributed by atoms with Gasteiger partial charge in [0.15, 0.2) is 0 Å². The van der Waals surface area contributed by atoms with Crippen molar-refractivity contribution in [1.82, 2.24) is 0 Å². The summed E-state index contributed by atoms with van der Waals surface area (Å²) in [6.07, 6.45) is 0. The zero-order chi connectivity index (χ0) is 10.3. The van der Waals surface area contributed by atoms with Crippen LogP contribution in [0, 0.1) is 0 Å². The molecule has 0 bridgehead atoms. The van der Waals surface area contributed by atoms with E-state index < -0.39 is 5.95 Å². The zero-order valence-corrected chi connectivity index (χ0v) is 11.1. The fourth-order valence-corrected chi connectivity index (χ4v) is 0.690. The molecule has 0 N–H and O–H groups in total. The fraction of sp³-hybridized carbons (Fsp3) is 0.250. The quantitative estimate of drug-likeness (QED) is 0.689. The summed E-state index contributed by atoms with van der Waals surface area (Å²) in [7, 11) is 4.76. The number of ether oxygens (including phenoxy) is 1. The van der Waals surface area contributed by atoms with Crippen molar-refractivity contribution in [3.63, 3.8) is 0 Å². The molecule has 1 aromatic rings. The molecule has 5 heteroatoms. The molecular formula is C8H9ClO3Zn. The molecule has 0 aliphatic heterocycles. The van der Waals surface area contributed by atoms with E-state index in [0.717, 1.165) is 17.3 Å². The number of halogens is 1. The Morgan fingerprint density at radius 1 is 1.69 bits per heavy atom. The van der Waals surface area contributed by atoms with E-state index in [1.165, 1.54) is 0 Å². The van der Waals surface area contributed by atoms with E-state index in [4.69, 9.17) is 14.1 Å². The maximum absolute atomic E-state index is 10.9. The van der Waals surface area contributed by atoms with Gasteiger partial charge in [-0.05, 0) is 18.7 Å². The summed E-state index contributed by atoms with van der Waals surface area (Å²) >= 11 is 0.847. The van der Waals surface area contributed by atoms with Gasteiger partial charge < -0.3 is 14.3 Å². The number of hydrogen-bond acceptors (Lipinski definition) is 3. The molecule has 0 saturated heterocycles. The van der Waals surface area contributed by atoms with Crippen LogP contribution in [-0.2, 0) is 22.0 Å². The fourth-order valence-electron chi connectivity index (χ4n) is 0.690. The van der Waals surface area contributed by atoms with Crippen molar-refractivity contribution in [1.29, 1.82) is 0 Å². The van der Waals surface area contributed by atoms with Gasteiger partial charge in [0.05, 0.1) is 5.95 Å². The number of rotatable bonds is 2. The summed E-state index contributed by atoms with van der Waals surface area (Å²) in [4.78, 5) is 0. The first kappa shape index (κ1) is 12.5. The van der Waals surface area contributed by atoms with E-state index in [1.54, 1.807) is 19.1 Å². The van der Waals surface area contributed by atoms with E-state index in [2.05, 4.69) is 11.3 Å². The van der Waals surface area contributed by atoms with Gasteiger partial charge in [-0.15, -0.1) is 0 Å². The first-order valence-corrected chi connectivity index (χ1v) is 7.49. The maximum atomic E-state index is 10.9. The summed E-state index contributed by atoms with van der Waals surface area (Å²) in [6, 6.07) is 3.16. The molecular weight excluding hydrogens is 245 g/mol. The van der Waals surface area contributed by atoms with Crippen molar-refractivity contribution in [2.45, 2.75) is 6.92 Å². The third kappa shape index (κ3) is 4.34. The molecule has 13 heavy (non-hydrogen) atoms. The van der Waals surface area contributed by atoms with Crippen LogP contribution in [-0.4, -0.2) is 6.61 Å². The topological polar surface area (TPSA) is 45.4 Å². The number of hydrogen-bond donors (Lipinski definition) is 0. The summed E-state index contributed by atoms with van der Waals surface area (Å²) in [5.74, 6) is -0.442. The van der Waals surface area contributed by atoms with Crippen molar-refractivity contribution in [2.24, 2.45) is 0 Å². The van der Waals surface area contributed by atoms with Crippen molar-refractivity contribution in [3.8, 4) is 0 Å². The third-order valence-corrected chi connectivity index (χ3v) is 1.14. The normalized spacial score (nSPS) is 11.4. The Hall–Kier alpha value is -0.467. The van der Waals surface area contributed by atoms with Crippen molar-refractivity contribution in [2.75, 3.05) is 6.61 Å². The summed E-state index contributed by atoms with van der Waals surface area (Å²) in [6.45, 7) is 5.60. The van der Waals surface area contributed by atoms with Gasteiger partial charge in [-0.3, -0.25) is 0 Å². The van der Waals surface area contributed by atoms with Crippen LogP contribution in [0.25, 0.3) is 12.5 Å². The second-order valence-electron chi connectivity index (χ2n) is 1.99. The first-order valence-electron chi connectivity index (χ1n) is 3.59. The SMILES string of the molecule is C=c1cc/c(=C(/[O-])OCC)o1.[Cl][Zn+]. The van der Waals surface area contributed by atoms with Crippen LogP contribution in [0.15, 0.2) is 16.5 Å². The van der Waals surface area contributed by atoms with E-state index in [0.29, 0.717) is 12.0 Å². The van der Waals surface area contributed by atoms with Gasteiger partial charge in [-0.25, -0.2) is 0 Å². The van der Waals surface area contributed by atoms with Crippen molar-refractivity contribution in [3.05, 3.63) is 23.0 Å². The molecule has 0 radical (unpaired) electrons. The van der Waals surface area contributed by atoms with Crippen LogP contribution < -0.4 is 15.9 Å². The molecule has 0 atom stereocenters. The van der Waals surface area contributed by atoms with E-state index in [-0.39, 0.29) is 5.42 Å². The van der Waals surface area contributed by atoms with Crippen LogP contribution in [0.4, 0.5) is 0 Å². The minimum atomic E-state index is -0.442. The monoisotopic (exact) mass is 252 g/mol. The van der Waals surface area contributed by atoms with Crippen LogP contribution in [0.1, 0.15) is 6.92 Å². The third-order valence-electron chi connectivity index (χ3n) is 1.14. The predicted octanol–water partition coefficient (Wildman–Crippen LogP) is -0.161. The summed E-state index contributed by atoms with van der Waals surface area (Å²) in [5.41, 5.74) is 0.671. The average Bonchev–Trinajstić information content (AvgIpc) is 2.56. The Bertz CT molecular complexity index is 333. The summed E-state index contributed by atoms with van der Waals surface area (Å²) < 4.78 is 9.59. The van der Waals surface area contributed by atoms with E-state index in [9.17, 15) is 5.11 Å². The Kier molecular flexibility index (Phi) is 6.74. The molecule has 3 nitrogen and oxygen atoms in total. The van der Waals surface area contributed by atoms with E-state index >= 15 is 0 Å². The molecule has 0 aliphatic carbocycles. The molecule has 0 spiro atoms. The second-order valence-corrected chi connectivity index (χ2v) is 1.99. The molecule has 0 amide bonds. The van der Waals surface area contributed by atoms with Gasteiger partial charge in [0.1, 0.15) is 10.8 Å². The molecule has 68 valence electrons. The van der Waals surface area contributed by atoms with Crippen LogP contribution in [0.2, 0.25) is 0 Å². The summed E-state index contributed by atoms with van der Waals surface area (Å²) in [5, 5.41) is 10.9. The van der Waals surface area contributed by atoms with Crippen molar-refractivity contribution >= 4 is 22.2 Å². The Labute approximate surface area is 90.4 Å².